The smallest absolute Gasteiger partial charge is 0.305 e. The zero-order valence-electron chi connectivity index (χ0n) is 17.2. The Hall–Kier alpha value is -1.76. The molecule has 4 atom stereocenters. The molecule has 0 aromatic heterocycles. The van der Waals surface area contributed by atoms with Crippen LogP contribution in [-0.4, -0.2) is 41.0 Å². The minimum atomic E-state index is -0.972. The third-order valence-corrected chi connectivity index (χ3v) is 5.59. The van der Waals surface area contributed by atoms with E-state index >= 15 is 0 Å². The number of aliphatic hydroxyl groups excluding tert-OH is 1. The van der Waals surface area contributed by atoms with Gasteiger partial charge in [-0.1, -0.05) is 45.1 Å². The summed E-state index contributed by atoms with van der Waals surface area (Å²) in [6.45, 7) is 2.08. The summed E-state index contributed by atoms with van der Waals surface area (Å²) in [6.07, 6.45) is 10.4. The first kappa shape index (κ1) is 24.3. The van der Waals surface area contributed by atoms with Crippen molar-refractivity contribution in [1.82, 2.24) is 0 Å². The van der Waals surface area contributed by atoms with E-state index in [4.69, 9.17) is 0 Å². The molecule has 0 aliphatic heterocycles. The molecule has 28 heavy (non-hydrogen) atoms. The van der Waals surface area contributed by atoms with Crippen molar-refractivity contribution in [3.8, 4) is 0 Å². The van der Waals surface area contributed by atoms with Crippen molar-refractivity contribution in [1.29, 1.82) is 0 Å². The van der Waals surface area contributed by atoms with Gasteiger partial charge in [0.05, 0.1) is 7.11 Å². The second-order valence-corrected chi connectivity index (χ2v) is 7.72. The third kappa shape index (κ3) is 8.50. The Morgan fingerprint density at radius 1 is 1.14 bits per heavy atom. The highest BCUT2D eigenvalue weighted by Crippen LogP contribution is 2.38. The van der Waals surface area contributed by atoms with E-state index in [0.717, 1.165) is 44.9 Å². The molecule has 7 nitrogen and oxygen atoms in total. The van der Waals surface area contributed by atoms with Gasteiger partial charge in [-0.25, -0.2) is 0 Å². The lowest BCUT2D eigenvalue weighted by Gasteiger charge is -2.18. The minimum absolute atomic E-state index is 0.0500. The van der Waals surface area contributed by atoms with Crippen LogP contribution in [0.4, 0.5) is 0 Å². The quantitative estimate of drug-likeness (QED) is 0.157. The van der Waals surface area contributed by atoms with Crippen molar-refractivity contribution in [2.75, 3.05) is 7.11 Å². The second kappa shape index (κ2) is 13.4. The Labute approximate surface area is 167 Å². The summed E-state index contributed by atoms with van der Waals surface area (Å²) in [5, 5.41) is 21.6. The van der Waals surface area contributed by atoms with E-state index in [1.54, 1.807) is 12.2 Å². The highest BCUT2D eigenvalue weighted by atomic mass is 16.6. The van der Waals surface area contributed by atoms with Crippen molar-refractivity contribution < 1.29 is 24.4 Å². The molecule has 0 saturated heterocycles. The zero-order chi connectivity index (χ0) is 20.9. The number of unbranched alkanes of at least 4 members (excludes halogenated alkanes) is 5. The maximum Gasteiger partial charge on any atom is 0.305 e. The van der Waals surface area contributed by atoms with Gasteiger partial charge in [0, 0.05) is 23.7 Å². The second-order valence-electron chi connectivity index (χ2n) is 7.72. The van der Waals surface area contributed by atoms with Gasteiger partial charge in [-0.15, -0.1) is 0 Å². The van der Waals surface area contributed by atoms with Gasteiger partial charge in [0.25, 0.3) is 0 Å². The number of aliphatic hydroxyl groups is 1. The first-order valence-corrected chi connectivity index (χ1v) is 10.5. The van der Waals surface area contributed by atoms with Crippen LogP contribution in [0.5, 0.6) is 0 Å². The van der Waals surface area contributed by atoms with Crippen molar-refractivity contribution >= 4 is 11.8 Å². The molecule has 1 saturated carbocycles. The van der Waals surface area contributed by atoms with Crippen LogP contribution in [0.15, 0.2) is 12.2 Å². The van der Waals surface area contributed by atoms with Crippen LogP contribution in [0, 0.1) is 22.0 Å². The maximum atomic E-state index is 12.0. The van der Waals surface area contributed by atoms with Gasteiger partial charge < -0.3 is 9.84 Å². The summed E-state index contributed by atoms with van der Waals surface area (Å²) in [4.78, 5) is 34.1. The highest BCUT2D eigenvalue weighted by molar-refractivity contribution is 5.89. The van der Waals surface area contributed by atoms with Crippen molar-refractivity contribution in [3.05, 3.63) is 22.3 Å². The normalized spacial score (nSPS) is 24.5. The fraction of sp³-hybridized carbons (Fsp3) is 0.810. The van der Waals surface area contributed by atoms with Gasteiger partial charge in [0.15, 0.2) is 5.78 Å². The van der Waals surface area contributed by atoms with Crippen molar-refractivity contribution in [2.24, 2.45) is 11.8 Å². The number of carbonyl (C=O) groups is 2. The molecule has 1 aliphatic rings. The number of methoxy groups -OCH3 is 1. The molecule has 0 aromatic carbocycles. The fourth-order valence-electron chi connectivity index (χ4n) is 4.00. The number of carbonyl (C=O) groups excluding carboxylic acids is 2. The Morgan fingerprint density at radius 2 is 1.82 bits per heavy atom. The molecule has 0 radical (unpaired) electrons. The number of ether oxygens (including phenoxy) is 1. The lowest BCUT2D eigenvalue weighted by Crippen LogP contribution is -2.34. The van der Waals surface area contributed by atoms with E-state index in [1.165, 1.54) is 7.11 Å². The topological polar surface area (TPSA) is 107 Å². The summed E-state index contributed by atoms with van der Waals surface area (Å²) in [5.41, 5.74) is 0. The van der Waals surface area contributed by atoms with Gasteiger partial charge >= 0.3 is 5.97 Å². The van der Waals surface area contributed by atoms with Gasteiger partial charge in [0.2, 0.25) is 6.04 Å². The van der Waals surface area contributed by atoms with Crippen LogP contribution >= 0.6 is 0 Å². The Bertz CT molecular complexity index is 533. The molecule has 0 amide bonds. The molecular formula is C21H35NO6. The van der Waals surface area contributed by atoms with Crippen LogP contribution in [0.25, 0.3) is 0 Å². The fourth-order valence-corrected chi connectivity index (χ4v) is 4.00. The number of rotatable bonds is 14. The Kier molecular flexibility index (Phi) is 11.6. The predicted octanol–water partition coefficient (Wildman–Crippen LogP) is 3.85. The molecule has 0 spiro atoms. The number of esters is 1. The SMILES string of the molecule is CCCCCC(=O)/C=C/[C@@H]1CC(O)C([N+](=O)[O-])[C@@H]1CCCCCCC(=O)OC. The van der Waals surface area contributed by atoms with Gasteiger partial charge in [-0.3, -0.25) is 19.7 Å². The van der Waals surface area contributed by atoms with Gasteiger partial charge in [-0.05, 0) is 37.7 Å². The van der Waals surface area contributed by atoms with Crippen molar-refractivity contribution in [2.45, 2.75) is 89.7 Å². The van der Waals surface area contributed by atoms with Crippen LogP contribution in [0.3, 0.4) is 0 Å². The standard InChI is InChI=1S/C21H35NO6/c1-3-4-7-10-17(23)14-13-16-15-19(24)21(22(26)27)18(16)11-8-5-6-9-12-20(25)28-2/h13-14,16,18-19,21,24H,3-12,15H2,1-2H3/b14-13+/t16-,18-,19?,21?/m1/s1. The average molecular weight is 398 g/mol. The molecule has 1 aliphatic carbocycles. The van der Waals surface area contributed by atoms with E-state index < -0.39 is 12.1 Å². The summed E-state index contributed by atoms with van der Waals surface area (Å²) < 4.78 is 4.60. The molecule has 7 heteroatoms. The molecule has 0 heterocycles. The number of ketones is 1. The number of nitrogens with zero attached hydrogens (tertiary/aromatic N) is 1. The molecule has 1 N–H and O–H groups in total. The number of allylic oxidation sites excluding steroid dienone is 2. The number of nitro groups is 1. The highest BCUT2D eigenvalue weighted by Gasteiger charge is 2.48. The lowest BCUT2D eigenvalue weighted by molar-refractivity contribution is -0.539. The number of hydrogen-bond donors (Lipinski definition) is 1. The van der Waals surface area contributed by atoms with E-state index in [9.17, 15) is 24.8 Å². The molecule has 0 aromatic rings. The van der Waals surface area contributed by atoms with Gasteiger partial charge in [0.1, 0.15) is 6.10 Å². The first-order chi connectivity index (χ1) is 13.4. The first-order valence-electron chi connectivity index (χ1n) is 10.5. The Balaban J connectivity index is 2.54. The largest absolute Gasteiger partial charge is 0.469 e. The maximum absolute atomic E-state index is 12.0. The average Bonchev–Trinajstić information content (AvgIpc) is 2.98. The van der Waals surface area contributed by atoms with Gasteiger partial charge in [-0.2, -0.15) is 0 Å². The van der Waals surface area contributed by atoms with Crippen molar-refractivity contribution in [3.63, 3.8) is 0 Å². The molecule has 160 valence electrons. The number of hydrogen-bond acceptors (Lipinski definition) is 6. The Morgan fingerprint density at radius 3 is 2.46 bits per heavy atom. The molecular weight excluding hydrogens is 362 g/mol. The van der Waals surface area contributed by atoms with E-state index in [-0.39, 0.29) is 28.5 Å². The van der Waals surface area contributed by atoms with Crippen LogP contribution in [0.1, 0.15) is 77.6 Å². The summed E-state index contributed by atoms with van der Waals surface area (Å²) in [5.74, 6) is -0.573. The zero-order valence-corrected chi connectivity index (χ0v) is 17.2. The molecule has 1 fully saturated rings. The predicted molar refractivity (Wildman–Crippen MR) is 106 cm³/mol. The molecule has 1 rings (SSSR count). The third-order valence-electron chi connectivity index (χ3n) is 5.59. The summed E-state index contributed by atoms with van der Waals surface area (Å²) in [6, 6.07) is -0.972. The minimum Gasteiger partial charge on any atom is -0.469 e. The van der Waals surface area contributed by atoms with E-state index in [0.29, 0.717) is 25.7 Å². The van der Waals surface area contributed by atoms with E-state index in [1.807, 2.05) is 0 Å². The summed E-state index contributed by atoms with van der Waals surface area (Å²) in [7, 11) is 1.37. The van der Waals surface area contributed by atoms with Crippen LogP contribution in [0.2, 0.25) is 0 Å². The molecule has 2 unspecified atom stereocenters. The lowest BCUT2D eigenvalue weighted by atomic mass is 9.87. The van der Waals surface area contributed by atoms with Crippen LogP contribution in [-0.2, 0) is 14.3 Å². The van der Waals surface area contributed by atoms with Crippen LogP contribution < -0.4 is 0 Å². The monoisotopic (exact) mass is 397 g/mol. The summed E-state index contributed by atoms with van der Waals surface area (Å²) >= 11 is 0. The van der Waals surface area contributed by atoms with E-state index in [2.05, 4.69) is 11.7 Å². The molecule has 0 bridgehead atoms.